The Bertz CT molecular complexity index is 305. The summed E-state index contributed by atoms with van der Waals surface area (Å²) in [7, 11) is 3.44. The van der Waals surface area contributed by atoms with Gasteiger partial charge in [0, 0.05) is 12.8 Å². The summed E-state index contributed by atoms with van der Waals surface area (Å²) >= 11 is 0. The third-order valence-corrected chi connectivity index (χ3v) is 4.94. The van der Waals surface area contributed by atoms with Gasteiger partial charge in [-0.3, -0.25) is 4.84 Å². The zero-order valence-electron chi connectivity index (χ0n) is 10.1. The molecule has 2 aliphatic heterocycles. The molecule has 92 valence electrons. The van der Waals surface area contributed by atoms with Crippen LogP contribution in [0.2, 0.25) is 0 Å². The maximum absolute atomic E-state index is 5.45. The first-order chi connectivity index (χ1) is 7.36. The van der Waals surface area contributed by atoms with E-state index in [0.29, 0.717) is 5.37 Å². The van der Waals surface area contributed by atoms with Gasteiger partial charge < -0.3 is 4.84 Å². The van der Waals surface area contributed by atoms with Gasteiger partial charge in [0.05, 0.1) is 11.0 Å². The normalized spacial score (nSPS) is 31.2. The molecule has 2 heterocycles. The van der Waals surface area contributed by atoms with Gasteiger partial charge in [-0.2, -0.15) is 5.48 Å². The number of hydrogen-bond acceptors (Lipinski definition) is 6. The van der Waals surface area contributed by atoms with Crippen LogP contribution < -0.4 is 5.48 Å². The van der Waals surface area contributed by atoms with Crippen molar-refractivity contribution in [2.45, 2.75) is 57.1 Å². The first-order valence-corrected chi connectivity index (χ1v) is 7.60. The molecular weight excluding hydrogens is 244 g/mol. The third kappa shape index (κ3) is 3.29. The summed E-state index contributed by atoms with van der Waals surface area (Å²) in [6, 6.07) is 0. The predicted octanol–water partition coefficient (Wildman–Crippen LogP) is 2.91. The number of nitrogens with one attached hydrogen (secondary N) is 1. The number of hydroxylamine groups is 1. The minimum Gasteiger partial charge on any atom is -0.389 e. The van der Waals surface area contributed by atoms with Crippen molar-refractivity contribution >= 4 is 26.6 Å². The SMILES string of the molecule is CC1(C)CC(SSC2CC(C)(C)ON2)=NO1. The predicted molar refractivity (Wildman–Crippen MR) is 69.1 cm³/mol. The molecule has 0 spiro atoms. The lowest BCUT2D eigenvalue weighted by Crippen LogP contribution is -2.19. The molecule has 2 aliphatic rings. The van der Waals surface area contributed by atoms with Crippen molar-refractivity contribution in [1.29, 1.82) is 0 Å². The highest BCUT2D eigenvalue weighted by atomic mass is 33.1. The molecule has 0 saturated carbocycles. The molecule has 0 bridgehead atoms. The highest BCUT2D eigenvalue weighted by Crippen LogP contribution is 2.39. The second-order valence-electron chi connectivity index (χ2n) is 5.36. The Labute approximate surface area is 104 Å². The Balaban J connectivity index is 1.73. The summed E-state index contributed by atoms with van der Waals surface area (Å²) in [5.74, 6) is 0. The van der Waals surface area contributed by atoms with Gasteiger partial charge >= 0.3 is 0 Å². The maximum atomic E-state index is 5.45. The lowest BCUT2D eigenvalue weighted by atomic mass is 10.1. The molecule has 0 aromatic heterocycles. The zero-order chi connectivity index (χ0) is 11.8. The fourth-order valence-electron chi connectivity index (χ4n) is 1.57. The number of nitrogens with zero attached hydrogens (tertiary/aromatic N) is 1. The average molecular weight is 262 g/mol. The molecule has 0 radical (unpaired) electrons. The fraction of sp³-hybridized carbons (Fsp3) is 0.900. The molecule has 1 unspecified atom stereocenters. The molecule has 0 aromatic rings. The summed E-state index contributed by atoms with van der Waals surface area (Å²) in [5, 5.41) is 5.46. The van der Waals surface area contributed by atoms with Crippen LogP contribution in [0.1, 0.15) is 40.5 Å². The lowest BCUT2D eigenvalue weighted by molar-refractivity contribution is -0.0278. The minimum absolute atomic E-state index is 0.0640. The molecule has 16 heavy (non-hydrogen) atoms. The van der Waals surface area contributed by atoms with Gasteiger partial charge in [-0.05, 0) is 38.5 Å². The summed E-state index contributed by atoms with van der Waals surface area (Å²) < 4.78 is 0. The Hall–Kier alpha value is 0.0900. The van der Waals surface area contributed by atoms with Crippen molar-refractivity contribution in [3.63, 3.8) is 0 Å². The Morgan fingerprint density at radius 2 is 2.06 bits per heavy atom. The van der Waals surface area contributed by atoms with E-state index >= 15 is 0 Å². The molecule has 6 heteroatoms. The van der Waals surface area contributed by atoms with Crippen molar-refractivity contribution in [3.05, 3.63) is 0 Å². The quantitative estimate of drug-likeness (QED) is 0.775. The topological polar surface area (TPSA) is 42.8 Å². The van der Waals surface area contributed by atoms with Crippen LogP contribution in [0.5, 0.6) is 0 Å². The molecule has 0 amide bonds. The first-order valence-electron chi connectivity index (χ1n) is 5.38. The Morgan fingerprint density at radius 3 is 2.56 bits per heavy atom. The van der Waals surface area contributed by atoms with Gasteiger partial charge in [0.15, 0.2) is 0 Å². The van der Waals surface area contributed by atoms with Crippen molar-refractivity contribution in [2.24, 2.45) is 5.16 Å². The third-order valence-electron chi connectivity index (χ3n) is 2.38. The summed E-state index contributed by atoms with van der Waals surface area (Å²) in [6.45, 7) is 8.28. The smallest absolute Gasteiger partial charge is 0.138 e. The first kappa shape index (κ1) is 12.5. The molecular formula is C10H18N2O2S2. The van der Waals surface area contributed by atoms with Crippen LogP contribution in [0.4, 0.5) is 0 Å². The minimum atomic E-state index is -0.137. The molecule has 1 N–H and O–H groups in total. The van der Waals surface area contributed by atoms with Crippen LogP contribution >= 0.6 is 21.6 Å². The average Bonchev–Trinajstić information content (AvgIpc) is 2.66. The van der Waals surface area contributed by atoms with Gasteiger partial charge in [-0.25, -0.2) is 0 Å². The lowest BCUT2D eigenvalue weighted by Gasteiger charge is -2.13. The molecule has 1 saturated heterocycles. The second-order valence-corrected chi connectivity index (χ2v) is 7.84. The largest absolute Gasteiger partial charge is 0.389 e. The fourth-order valence-corrected chi connectivity index (χ4v) is 4.10. The Morgan fingerprint density at radius 1 is 1.31 bits per heavy atom. The van der Waals surface area contributed by atoms with E-state index in [1.807, 2.05) is 0 Å². The van der Waals surface area contributed by atoms with E-state index in [1.54, 1.807) is 21.6 Å². The summed E-state index contributed by atoms with van der Waals surface area (Å²) in [6.07, 6.45) is 1.89. The van der Waals surface area contributed by atoms with Crippen molar-refractivity contribution in [2.75, 3.05) is 0 Å². The van der Waals surface area contributed by atoms with Gasteiger partial charge in [0.2, 0.25) is 0 Å². The van der Waals surface area contributed by atoms with Gasteiger partial charge in [-0.15, -0.1) is 0 Å². The highest BCUT2D eigenvalue weighted by Gasteiger charge is 2.34. The number of oxime groups is 1. The maximum Gasteiger partial charge on any atom is 0.138 e. The van der Waals surface area contributed by atoms with Crippen LogP contribution in [0.15, 0.2) is 5.16 Å². The molecule has 0 aromatic carbocycles. The second kappa shape index (κ2) is 4.40. The molecule has 4 nitrogen and oxygen atoms in total. The zero-order valence-corrected chi connectivity index (χ0v) is 11.7. The van der Waals surface area contributed by atoms with E-state index in [1.165, 1.54) is 0 Å². The van der Waals surface area contributed by atoms with Crippen molar-refractivity contribution < 1.29 is 9.68 Å². The van der Waals surface area contributed by atoms with Gasteiger partial charge in [0.1, 0.15) is 10.6 Å². The molecule has 1 atom stereocenters. The molecule has 0 aliphatic carbocycles. The van der Waals surface area contributed by atoms with Crippen LogP contribution in [0.25, 0.3) is 0 Å². The van der Waals surface area contributed by atoms with Gasteiger partial charge in [-0.1, -0.05) is 15.9 Å². The summed E-state index contributed by atoms with van der Waals surface area (Å²) in [4.78, 5) is 10.8. The Kier molecular flexibility index (Phi) is 3.45. The number of hydrogen-bond donors (Lipinski definition) is 1. The van der Waals surface area contributed by atoms with Crippen molar-refractivity contribution in [3.8, 4) is 0 Å². The van der Waals surface area contributed by atoms with E-state index in [2.05, 4.69) is 38.3 Å². The van der Waals surface area contributed by atoms with Crippen LogP contribution in [-0.4, -0.2) is 21.6 Å². The monoisotopic (exact) mass is 262 g/mol. The van der Waals surface area contributed by atoms with Gasteiger partial charge in [0.25, 0.3) is 0 Å². The van der Waals surface area contributed by atoms with Crippen LogP contribution in [0, 0.1) is 0 Å². The highest BCUT2D eigenvalue weighted by molar-refractivity contribution is 8.82. The van der Waals surface area contributed by atoms with E-state index < -0.39 is 0 Å². The van der Waals surface area contributed by atoms with E-state index in [0.717, 1.165) is 17.9 Å². The standard InChI is InChI=1S/C10H18N2O2S2/c1-9(2)5-7(11-13-9)15-16-8-6-10(3,4)14-12-8/h7,11H,5-6H2,1-4H3. The van der Waals surface area contributed by atoms with E-state index in [9.17, 15) is 0 Å². The van der Waals surface area contributed by atoms with E-state index in [4.69, 9.17) is 9.68 Å². The number of rotatable bonds is 2. The van der Waals surface area contributed by atoms with E-state index in [-0.39, 0.29) is 11.2 Å². The van der Waals surface area contributed by atoms with Crippen LogP contribution in [-0.2, 0) is 9.68 Å². The van der Waals surface area contributed by atoms with Crippen molar-refractivity contribution in [1.82, 2.24) is 5.48 Å². The molecule has 2 rings (SSSR count). The van der Waals surface area contributed by atoms with Crippen LogP contribution in [0.3, 0.4) is 0 Å². The molecule has 1 fully saturated rings. The summed E-state index contributed by atoms with van der Waals surface area (Å²) in [5.41, 5.74) is 2.84.